The lowest BCUT2D eigenvalue weighted by Gasteiger charge is -2.41. The summed E-state index contributed by atoms with van der Waals surface area (Å²) in [5, 5.41) is 0.637. The fraction of sp³-hybridized carbons (Fsp3) is 0.579. The fourth-order valence-corrected chi connectivity index (χ4v) is 4.45. The summed E-state index contributed by atoms with van der Waals surface area (Å²) in [6, 6.07) is 3.05. The van der Waals surface area contributed by atoms with Gasteiger partial charge in [-0.2, -0.15) is 0 Å². The molecule has 0 saturated carbocycles. The Hall–Kier alpha value is -1.75. The van der Waals surface area contributed by atoms with Crippen molar-refractivity contribution in [2.24, 2.45) is 0 Å². The molecule has 6 heteroatoms. The van der Waals surface area contributed by atoms with Gasteiger partial charge in [-0.3, -0.25) is 9.59 Å². The van der Waals surface area contributed by atoms with E-state index < -0.39 is 6.04 Å². The zero-order valence-corrected chi connectivity index (χ0v) is 15.6. The second-order valence-corrected chi connectivity index (χ2v) is 8.38. The molecular formula is C19H23ClN2O3. The highest BCUT2D eigenvalue weighted by atomic mass is 35.5. The monoisotopic (exact) mass is 362 g/mol. The van der Waals surface area contributed by atoms with E-state index in [0.717, 1.165) is 29.7 Å². The van der Waals surface area contributed by atoms with E-state index in [1.54, 1.807) is 9.80 Å². The first kappa shape index (κ1) is 16.7. The van der Waals surface area contributed by atoms with E-state index in [0.29, 0.717) is 24.7 Å². The Bertz CT molecular complexity index is 761. The first-order valence-electron chi connectivity index (χ1n) is 8.86. The Morgan fingerprint density at radius 3 is 2.80 bits per heavy atom. The molecule has 25 heavy (non-hydrogen) atoms. The van der Waals surface area contributed by atoms with Crippen LogP contribution in [0.5, 0.6) is 5.75 Å². The number of nitrogens with zero attached hydrogens (tertiary/aromatic N) is 2. The third kappa shape index (κ3) is 2.51. The van der Waals surface area contributed by atoms with Gasteiger partial charge in [0, 0.05) is 28.1 Å². The van der Waals surface area contributed by atoms with Gasteiger partial charge in [-0.25, -0.2) is 0 Å². The number of fused-ring (bicyclic) bond motifs is 2. The molecule has 5 nitrogen and oxygen atoms in total. The lowest BCUT2D eigenvalue weighted by Crippen LogP contribution is -2.61. The molecule has 0 unspecified atom stereocenters. The van der Waals surface area contributed by atoms with Crippen molar-refractivity contribution in [3.8, 4) is 5.75 Å². The number of benzene rings is 1. The van der Waals surface area contributed by atoms with Crippen LogP contribution in [0.4, 0.5) is 0 Å². The van der Waals surface area contributed by atoms with Crippen LogP contribution >= 0.6 is 11.6 Å². The molecule has 3 aliphatic rings. The Kier molecular flexibility index (Phi) is 3.76. The number of hydrogen-bond donors (Lipinski definition) is 0. The molecule has 0 aromatic heterocycles. The van der Waals surface area contributed by atoms with Crippen molar-refractivity contribution >= 4 is 23.4 Å². The number of hydrogen-bond acceptors (Lipinski definition) is 3. The number of amides is 2. The van der Waals surface area contributed by atoms with Crippen molar-refractivity contribution in [2.45, 2.75) is 57.7 Å². The van der Waals surface area contributed by atoms with E-state index in [1.165, 1.54) is 0 Å². The van der Waals surface area contributed by atoms with Crippen LogP contribution in [0.2, 0.25) is 5.02 Å². The topological polar surface area (TPSA) is 49.9 Å². The van der Waals surface area contributed by atoms with Crippen molar-refractivity contribution in [1.29, 1.82) is 0 Å². The second kappa shape index (κ2) is 5.63. The number of halogens is 1. The van der Waals surface area contributed by atoms with Gasteiger partial charge in [-0.1, -0.05) is 25.4 Å². The minimum absolute atomic E-state index is 0.0376. The van der Waals surface area contributed by atoms with Gasteiger partial charge in [0.1, 0.15) is 17.8 Å². The normalized spacial score (nSPS) is 27.4. The van der Waals surface area contributed by atoms with Crippen molar-refractivity contribution in [2.75, 3.05) is 13.2 Å². The fourth-order valence-electron chi connectivity index (χ4n) is 4.21. The molecule has 0 spiro atoms. The SMILES string of the molecule is C[C@H]1C(=O)N2CCC[C@H]2C(=O)N1Cc1cc(Cl)cc2c1OCC2(C)C. The van der Waals surface area contributed by atoms with Crippen LogP contribution < -0.4 is 4.74 Å². The number of rotatable bonds is 2. The van der Waals surface area contributed by atoms with Crippen molar-refractivity contribution in [3.05, 3.63) is 28.3 Å². The molecule has 0 radical (unpaired) electrons. The summed E-state index contributed by atoms with van der Waals surface area (Å²) in [4.78, 5) is 29.0. The summed E-state index contributed by atoms with van der Waals surface area (Å²) in [6.07, 6.45) is 1.65. The summed E-state index contributed by atoms with van der Waals surface area (Å²) in [5.74, 6) is 0.897. The zero-order chi connectivity index (χ0) is 17.9. The molecule has 2 fully saturated rings. The smallest absolute Gasteiger partial charge is 0.246 e. The molecule has 0 bridgehead atoms. The third-order valence-corrected chi connectivity index (χ3v) is 5.92. The zero-order valence-electron chi connectivity index (χ0n) is 14.8. The van der Waals surface area contributed by atoms with Crippen LogP contribution in [0, 0.1) is 0 Å². The van der Waals surface area contributed by atoms with Gasteiger partial charge in [0.05, 0.1) is 13.2 Å². The van der Waals surface area contributed by atoms with Crippen molar-refractivity contribution in [3.63, 3.8) is 0 Å². The molecule has 4 rings (SSSR count). The number of carbonyl (C=O) groups excluding carboxylic acids is 2. The molecule has 2 atom stereocenters. The standard InChI is InChI=1S/C19H23ClN2O3/c1-11-17(23)21-6-4-5-15(21)18(24)22(11)9-12-7-13(20)8-14-16(12)25-10-19(14,2)3/h7-8,11,15H,4-6,9-10H2,1-3H3/t11-,15-/m0/s1. The minimum atomic E-state index is -0.453. The predicted octanol–water partition coefficient (Wildman–Crippen LogP) is 2.73. The van der Waals surface area contributed by atoms with Crippen molar-refractivity contribution < 1.29 is 14.3 Å². The van der Waals surface area contributed by atoms with E-state index in [1.807, 2.05) is 19.1 Å². The Morgan fingerprint density at radius 1 is 1.28 bits per heavy atom. The van der Waals surface area contributed by atoms with E-state index in [-0.39, 0.29) is 23.3 Å². The lowest BCUT2D eigenvalue weighted by molar-refractivity contribution is -0.159. The molecular weight excluding hydrogens is 340 g/mol. The maximum Gasteiger partial charge on any atom is 0.246 e. The Morgan fingerprint density at radius 2 is 2.04 bits per heavy atom. The van der Waals surface area contributed by atoms with Gasteiger partial charge in [-0.15, -0.1) is 0 Å². The molecule has 0 aliphatic carbocycles. The third-order valence-electron chi connectivity index (χ3n) is 5.71. The highest BCUT2D eigenvalue weighted by Crippen LogP contribution is 2.43. The van der Waals surface area contributed by atoms with E-state index >= 15 is 0 Å². The molecule has 2 amide bonds. The summed E-state index contributed by atoms with van der Waals surface area (Å²) >= 11 is 6.33. The Balaban J connectivity index is 1.69. The summed E-state index contributed by atoms with van der Waals surface area (Å²) < 4.78 is 5.93. The quantitative estimate of drug-likeness (QED) is 0.812. The molecule has 1 aromatic rings. The molecule has 3 aliphatic heterocycles. The summed E-state index contributed by atoms with van der Waals surface area (Å²) in [7, 11) is 0. The van der Waals surface area contributed by atoms with Gasteiger partial charge >= 0.3 is 0 Å². The molecule has 2 saturated heterocycles. The van der Waals surface area contributed by atoms with Crippen LogP contribution in [0.15, 0.2) is 12.1 Å². The molecule has 134 valence electrons. The second-order valence-electron chi connectivity index (χ2n) is 7.95. The predicted molar refractivity (Wildman–Crippen MR) is 94.7 cm³/mol. The molecule has 0 N–H and O–H groups in total. The number of ether oxygens (including phenoxy) is 1. The van der Waals surface area contributed by atoms with E-state index in [4.69, 9.17) is 16.3 Å². The first-order chi connectivity index (χ1) is 11.8. The van der Waals surface area contributed by atoms with Gasteiger partial charge in [0.15, 0.2) is 0 Å². The Labute approximate surface area is 152 Å². The largest absolute Gasteiger partial charge is 0.492 e. The maximum absolute atomic E-state index is 12.9. The van der Waals surface area contributed by atoms with Gasteiger partial charge in [0.2, 0.25) is 11.8 Å². The van der Waals surface area contributed by atoms with Gasteiger partial charge in [0.25, 0.3) is 0 Å². The van der Waals surface area contributed by atoms with Crippen LogP contribution in [-0.2, 0) is 21.5 Å². The van der Waals surface area contributed by atoms with Crippen LogP contribution in [-0.4, -0.2) is 46.8 Å². The number of piperazine rings is 1. The summed E-state index contributed by atoms with van der Waals surface area (Å²) in [6.45, 7) is 7.69. The average molecular weight is 363 g/mol. The average Bonchev–Trinajstić information content (AvgIpc) is 3.15. The van der Waals surface area contributed by atoms with Gasteiger partial charge in [-0.05, 0) is 31.9 Å². The number of carbonyl (C=O) groups is 2. The van der Waals surface area contributed by atoms with Crippen LogP contribution in [0.25, 0.3) is 0 Å². The highest BCUT2D eigenvalue weighted by molar-refractivity contribution is 6.30. The van der Waals surface area contributed by atoms with Gasteiger partial charge < -0.3 is 14.5 Å². The molecule has 1 aromatic carbocycles. The summed E-state index contributed by atoms with van der Waals surface area (Å²) in [5.41, 5.74) is 1.85. The minimum Gasteiger partial charge on any atom is -0.492 e. The van der Waals surface area contributed by atoms with Crippen molar-refractivity contribution in [1.82, 2.24) is 9.80 Å². The highest BCUT2D eigenvalue weighted by Gasteiger charge is 2.46. The van der Waals surface area contributed by atoms with E-state index in [2.05, 4.69) is 13.8 Å². The molecule has 3 heterocycles. The lowest BCUT2D eigenvalue weighted by atomic mass is 9.86. The first-order valence-corrected chi connectivity index (χ1v) is 9.24. The van der Waals surface area contributed by atoms with E-state index in [9.17, 15) is 9.59 Å². The van der Waals surface area contributed by atoms with Crippen LogP contribution in [0.1, 0.15) is 44.7 Å². The maximum atomic E-state index is 12.9. The van der Waals surface area contributed by atoms with Crippen LogP contribution in [0.3, 0.4) is 0 Å².